The molecule has 0 saturated heterocycles. The highest BCUT2D eigenvalue weighted by atomic mass is 35.5. The summed E-state index contributed by atoms with van der Waals surface area (Å²) >= 11 is 6.27. The van der Waals surface area contributed by atoms with Gasteiger partial charge in [-0.3, -0.25) is 0 Å². The summed E-state index contributed by atoms with van der Waals surface area (Å²) in [6, 6.07) is 15.9. The third-order valence-corrected chi connectivity index (χ3v) is 4.93. The fourth-order valence-electron chi connectivity index (χ4n) is 2.85. The lowest BCUT2D eigenvalue weighted by Gasteiger charge is -2.10. The molecule has 4 rings (SSSR count). The number of carboxylic acids is 1. The zero-order chi connectivity index (χ0) is 20.2. The summed E-state index contributed by atoms with van der Waals surface area (Å²) < 4.78 is 11.5. The fourth-order valence-corrected chi connectivity index (χ4v) is 3.07. The van der Waals surface area contributed by atoms with E-state index in [4.69, 9.17) is 26.2 Å². The maximum absolute atomic E-state index is 10.9. The molecule has 29 heavy (non-hydrogen) atoms. The molecule has 1 heterocycles. The third kappa shape index (κ3) is 5.27. The minimum Gasteiger partial charge on any atom is -0.489 e. The first-order valence-corrected chi connectivity index (χ1v) is 9.79. The van der Waals surface area contributed by atoms with Crippen LogP contribution in [0.5, 0.6) is 11.6 Å². The maximum atomic E-state index is 10.9. The molecule has 0 aliphatic heterocycles. The molecule has 0 atom stereocenters. The number of aromatic nitrogens is 1. The molecule has 0 unspecified atom stereocenters. The number of nitrogens with zero attached hydrogens (tertiary/aromatic N) is 1. The van der Waals surface area contributed by atoms with Crippen LogP contribution in [0.25, 0.3) is 11.1 Å². The van der Waals surface area contributed by atoms with Crippen molar-refractivity contribution in [2.24, 2.45) is 5.92 Å². The van der Waals surface area contributed by atoms with Crippen molar-refractivity contribution in [3.63, 3.8) is 0 Å². The van der Waals surface area contributed by atoms with Gasteiger partial charge in [-0.25, -0.2) is 9.78 Å². The number of carbonyl (C=O) groups is 1. The molecule has 5 nitrogen and oxygen atoms in total. The highest BCUT2D eigenvalue weighted by Gasteiger charge is 2.22. The number of halogens is 1. The van der Waals surface area contributed by atoms with Crippen molar-refractivity contribution >= 4 is 17.6 Å². The summed E-state index contributed by atoms with van der Waals surface area (Å²) in [5, 5.41) is 9.53. The minimum atomic E-state index is -0.950. The summed E-state index contributed by atoms with van der Waals surface area (Å²) in [5.41, 5.74) is 2.93. The van der Waals surface area contributed by atoms with E-state index in [0.29, 0.717) is 29.2 Å². The molecule has 6 heteroatoms. The Kier molecular flexibility index (Phi) is 5.67. The van der Waals surface area contributed by atoms with Gasteiger partial charge in [0.05, 0.1) is 12.2 Å². The molecule has 1 saturated carbocycles. The van der Waals surface area contributed by atoms with Crippen LogP contribution in [0.2, 0.25) is 5.02 Å². The molecule has 1 fully saturated rings. The van der Waals surface area contributed by atoms with E-state index < -0.39 is 5.97 Å². The van der Waals surface area contributed by atoms with Gasteiger partial charge < -0.3 is 14.6 Å². The van der Waals surface area contributed by atoms with E-state index >= 15 is 0 Å². The number of benzene rings is 2. The first-order chi connectivity index (χ1) is 14.1. The zero-order valence-electron chi connectivity index (χ0n) is 15.7. The van der Waals surface area contributed by atoms with E-state index in [1.165, 1.54) is 12.8 Å². The predicted molar refractivity (Wildman–Crippen MR) is 111 cm³/mol. The molecule has 148 valence electrons. The van der Waals surface area contributed by atoms with Crippen LogP contribution in [0.4, 0.5) is 0 Å². The minimum absolute atomic E-state index is 0.246. The normalized spacial score (nSPS) is 13.1. The van der Waals surface area contributed by atoms with Gasteiger partial charge in [0.25, 0.3) is 0 Å². The van der Waals surface area contributed by atoms with Gasteiger partial charge in [0.2, 0.25) is 5.88 Å². The Bertz CT molecular complexity index is 998. The van der Waals surface area contributed by atoms with Crippen molar-refractivity contribution in [1.82, 2.24) is 4.98 Å². The second-order valence-corrected chi connectivity index (χ2v) is 7.54. The lowest BCUT2D eigenvalue weighted by Crippen LogP contribution is -2.00. The standard InChI is InChI=1S/C23H20ClNO4/c24-20-9-19(18-7-8-22(25-12-18)29-14-15-1-2-15)10-21(11-20)28-13-16-3-5-17(6-4-16)23(26)27/h3-12,15H,1-2,13-14H2,(H,26,27). The van der Waals surface area contributed by atoms with Gasteiger partial charge in [0.15, 0.2) is 0 Å². The molecule has 1 aliphatic carbocycles. The van der Waals surface area contributed by atoms with Crippen LogP contribution in [0, 0.1) is 5.92 Å². The fraction of sp³-hybridized carbons (Fsp3) is 0.217. The van der Waals surface area contributed by atoms with Gasteiger partial charge >= 0.3 is 5.97 Å². The van der Waals surface area contributed by atoms with Crippen LogP contribution >= 0.6 is 11.6 Å². The van der Waals surface area contributed by atoms with Crippen LogP contribution in [0.3, 0.4) is 0 Å². The Morgan fingerprint density at radius 1 is 1.03 bits per heavy atom. The quantitative estimate of drug-likeness (QED) is 0.534. The van der Waals surface area contributed by atoms with Crippen molar-refractivity contribution in [2.45, 2.75) is 19.4 Å². The van der Waals surface area contributed by atoms with E-state index in [9.17, 15) is 4.79 Å². The van der Waals surface area contributed by atoms with Gasteiger partial charge in [-0.15, -0.1) is 0 Å². The van der Waals surface area contributed by atoms with Crippen molar-refractivity contribution in [2.75, 3.05) is 6.61 Å². The molecular formula is C23H20ClNO4. The lowest BCUT2D eigenvalue weighted by molar-refractivity contribution is 0.0697. The second-order valence-electron chi connectivity index (χ2n) is 7.11. The molecule has 1 aliphatic rings. The topological polar surface area (TPSA) is 68.7 Å². The predicted octanol–water partition coefficient (Wildman–Crippen LogP) is 5.47. The first kappa shape index (κ1) is 19.3. The van der Waals surface area contributed by atoms with Crippen LogP contribution in [0.1, 0.15) is 28.8 Å². The number of rotatable bonds is 8. The number of ether oxygens (including phenoxy) is 2. The van der Waals surface area contributed by atoms with E-state index in [2.05, 4.69) is 4.98 Å². The summed E-state index contributed by atoms with van der Waals surface area (Å²) in [6.07, 6.45) is 4.25. The van der Waals surface area contributed by atoms with Crippen LogP contribution in [0.15, 0.2) is 60.8 Å². The van der Waals surface area contributed by atoms with Crippen molar-refractivity contribution in [3.8, 4) is 22.8 Å². The Morgan fingerprint density at radius 2 is 1.83 bits per heavy atom. The van der Waals surface area contributed by atoms with E-state index in [0.717, 1.165) is 23.3 Å². The third-order valence-electron chi connectivity index (χ3n) is 4.71. The van der Waals surface area contributed by atoms with Crippen LogP contribution < -0.4 is 9.47 Å². The smallest absolute Gasteiger partial charge is 0.335 e. The van der Waals surface area contributed by atoms with Crippen LogP contribution in [-0.2, 0) is 6.61 Å². The van der Waals surface area contributed by atoms with Gasteiger partial charge in [-0.05, 0) is 66.3 Å². The number of aromatic carboxylic acids is 1. The molecule has 0 amide bonds. The second kappa shape index (κ2) is 8.53. The zero-order valence-corrected chi connectivity index (χ0v) is 16.4. The highest BCUT2D eigenvalue weighted by molar-refractivity contribution is 6.31. The Balaban J connectivity index is 1.43. The molecule has 0 bridgehead atoms. The Morgan fingerprint density at radius 3 is 2.48 bits per heavy atom. The molecule has 0 spiro atoms. The molecule has 1 N–H and O–H groups in total. The van der Waals surface area contributed by atoms with Gasteiger partial charge in [0, 0.05) is 22.8 Å². The molecular weight excluding hydrogens is 390 g/mol. The number of carboxylic acid groups (broad SMARTS) is 1. The SMILES string of the molecule is O=C(O)c1ccc(COc2cc(Cl)cc(-c3ccc(OCC4CC4)nc3)c2)cc1. The average Bonchev–Trinajstić information content (AvgIpc) is 3.55. The van der Waals surface area contributed by atoms with Crippen molar-refractivity contribution in [1.29, 1.82) is 0 Å². The average molecular weight is 410 g/mol. The number of hydrogen-bond donors (Lipinski definition) is 1. The first-order valence-electron chi connectivity index (χ1n) is 9.42. The van der Waals surface area contributed by atoms with Crippen LogP contribution in [-0.4, -0.2) is 22.7 Å². The summed E-state index contributed by atoms with van der Waals surface area (Å²) in [7, 11) is 0. The van der Waals surface area contributed by atoms with Gasteiger partial charge in [-0.1, -0.05) is 23.7 Å². The van der Waals surface area contributed by atoms with Crippen molar-refractivity contribution in [3.05, 3.63) is 76.9 Å². The lowest BCUT2D eigenvalue weighted by atomic mass is 10.1. The van der Waals surface area contributed by atoms with E-state index in [-0.39, 0.29) is 5.56 Å². The monoisotopic (exact) mass is 409 g/mol. The summed E-state index contributed by atoms with van der Waals surface area (Å²) in [6.45, 7) is 1.04. The number of pyridine rings is 1. The maximum Gasteiger partial charge on any atom is 0.335 e. The van der Waals surface area contributed by atoms with E-state index in [1.54, 1.807) is 36.5 Å². The van der Waals surface area contributed by atoms with Gasteiger partial charge in [-0.2, -0.15) is 0 Å². The molecule has 2 aromatic carbocycles. The molecule has 1 aromatic heterocycles. The molecule has 0 radical (unpaired) electrons. The van der Waals surface area contributed by atoms with Gasteiger partial charge in [0.1, 0.15) is 12.4 Å². The van der Waals surface area contributed by atoms with E-state index in [1.807, 2.05) is 24.3 Å². The molecule has 3 aromatic rings. The summed E-state index contributed by atoms with van der Waals surface area (Å²) in [4.78, 5) is 15.3. The Labute approximate surface area is 173 Å². The van der Waals surface area contributed by atoms with Crippen molar-refractivity contribution < 1.29 is 19.4 Å². The number of hydrogen-bond acceptors (Lipinski definition) is 4. The largest absolute Gasteiger partial charge is 0.489 e. The Hall–Kier alpha value is -3.05. The highest BCUT2D eigenvalue weighted by Crippen LogP contribution is 2.31. The summed E-state index contributed by atoms with van der Waals surface area (Å²) in [5.74, 6) is 0.992.